The van der Waals surface area contributed by atoms with Crippen LogP contribution < -0.4 is 20.7 Å². The highest BCUT2D eigenvalue weighted by molar-refractivity contribution is 5.91. The van der Waals surface area contributed by atoms with Crippen LogP contribution in [0.15, 0.2) is 35.3 Å². The van der Waals surface area contributed by atoms with Gasteiger partial charge < -0.3 is 15.0 Å². The number of rotatable bonds is 4. The van der Waals surface area contributed by atoms with Crippen LogP contribution in [0.4, 0.5) is 25.0 Å². The van der Waals surface area contributed by atoms with Gasteiger partial charge in [-0.2, -0.15) is 0 Å². The van der Waals surface area contributed by atoms with E-state index in [-0.39, 0.29) is 55.6 Å². The van der Waals surface area contributed by atoms with Crippen LogP contribution in [0.25, 0.3) is 11.0 Å². The molecule has 3 aromatic rings. The van der Waals surface area contributed by atoms with E-state index in [2.05, 4.69) is 10.3 Å². The molecule has 0 radical (unpaired) electrons. The number of pyridine rings is 1. The lowest BCUT2D eigenvalue weighted by Gasteiger charge is -2.26. The Balaban J connectivity index is 1.42. The van der Waals surface area contributed by atoms with E-state index in [1.165, 1.54) is 11.6 Å². The Labute approximate surface area is 192 Å². The van der Waals surface area contributed by atoms with Crippen LogP contribution in [0.3, 0.4) is 0 Å². The largest absolute Gasteiger partial charge is 0.447 e. The van der Waals surface area contributed by atoms with Crippen molar-refractivity contribution in [2.45, 2.75) is 26.1 Å². The first-order valence-electron chi connectivity index (χ1n) is 10.8. The Morgan fingerprint density at radius 1 is 1.15 bits per heavy atom. The molecule has 0 saturated carbocycles. The Kier molecular flexibility index (Phi) is 5.42. The van der Waals surface area contributed by atoms with Gasteiger partial charge in [0.25, 0.3) is 5.56 Å². The first-order chi connectivity index (χ1) is 16.3. The van der Waals surface area contributed by atoms with Crippen molar-refractivity contribution in [1.82, 2.24) is 19.7 Å². The van der Waals surface area contributed by atoms with E-state index in [4.69, 9.17) is 4.74 Å². The number of halogens is 2. The number of hydrogen-bond donors (Lipinski definition) is 1. The molecular formula is C22H22F2N6O4. The molecule has 2 aliphatic heterocycles. The normalized spacial score (nSPS) is 18.1. The van der Waals surface area contributed by atoms with Crippen molar-refractivity contribution >= 4 is 34.4 Å². The quantitative estimate of drug-likeness (QED) is 0.617. The molecule has 5 rings (SSSR count). The Bertz CT molecular complexity index is 1330. The molecule has 1 fully saturated rings. The molecule has 12 heteroatoms. The monoisotopic (exact) mass is 472 g/mol. The number of carbonyl (C=O) groups is 2. The van der Waals surface area contributed by atoms with Crippen LogP contribution in [-0.4, -0.2) is 58.6 Å². The second-order valence-corrected chi connectivity index (χ2v) is 8.21. The number of amides is 2. The van der Waals surface area contributed by atoms with Crippen LogP contribution in [0, 0.1) is 11.6 Å². The molecule has 1 saturated heterocycles. The third-order valence-electron chi connectivity index (χ3n) is 6.09. The second-order valence-electron chi connectivity index (χ2n) is 8.21. The van der Waals surface area contributed by atoms with Crippen molar-refractivity contribution in [3.8, 4) is 0 Å². The molecule has 0 unspecified atom stereocenters. The van der Waals surface area contributed by atoms with Crippen LogP contribution in [0.2, 0.25) is 0 Å². The molecule has 1 N–H and O–H groups in total. The number of aromatic nitrogens is 3. The molecule has 0 bridgehead atoms. The lowest BCUT2D eigenvalue weighted by Crippen LogP contribution is -2.42. The number of anilines is 2. The van der Waals surface area contributed by atoms with Gasteiger partial charge in [-0.15, -0.1) is 0 Å². The summed E-state index contributed by atoms with van der Waals surface area (Å²) in [6.45, 7) is 2.42. The zero-order chi connectivity index (χ0) is 24.0. The van der Waals surface area contributed by atoms with Gasteiger partial charge in [0.05, 0.1) is 30.2 Å². The molecule has 178 valence electrons. The van der Waals surface area contributed by atoms with E-state index in [0.717, 1.165) is 17.0 Å². The number of nitrogens with zero attached hydrogens (tertiary/aromatic N) is 5. The van der Waals surface area contributed by atoms with Crippen LogP contribution >= 0.6 is 0 Å². The number of cyclic esters (lactones) is 1. The SMILES string of the molecule is CC(=O)NC[C@@H]1COC(=O)N1c1cc(F)c(N2CCn3c(=O)c4cccnc4n3CC2)c(F)c1. The summed E-state index contributed by atoms with van der Waals surface area (Å²) >= 11 is 0. The maximum atomic E-state index is 15.2. The molecule has 2 aromatic heterocycles. The fourth-order valence-electron chi connectivity index (χ4n) is 4.53. The van der Waals surface area contributed by atoms with Gasteiger partial charge in [0.15, 0.2) is 17.3 Å². The summed E-state index contributed by atoms with van der Waals surface area (Å²) in [5, 5.41) is 3.09. The third kappa shape index (κ3) is 3.64. The average molecular weight is 472 g/mol. The number of nitrogens with one attached hydrogen (secondary N) is 1. The van der Waals surface area contributed by atoms with E-state index < -0.39 is 23.8 Å². The number of hydrogen-bond acceptors (Lipinski definition) is 6. The smallest absolute Gasteiger partial charge is 0.414 e. The first-order valence-corrected chi connectivity index (χ1v) is 10.8. The highest BCUT2D eigenvalue weighted by Crippen LogP contribution is 2.32. The summed E-state index contributed by atoms with van der Waals surface area (Å²) in [6, 6.07) is 4.98. The van der Waals surface area contributed by atoms with Gasteiger partial charge in [-0.1, -0.05) is 0 Å². The standard InChI is InChI=1S/C22H22F2N6O4/c1-13(31)26-11-15-12-34-22(33)30(15)14-9-17(23)19(18(24)10-14)27-5-7-28-20-16(3-2-4-25-20)21(32)29(28)8-6-27/h2-4,9-10,15H,5-8,11-12H2,1H3,(H,26,31)/t15-/m1/s1. The summed E-state index contributed by atoms with van der Waals surface area (Å²) in [5.74, 6) is -1.97. The molecule has 2 aliphatic rings. The fourth-order valence-corrected chi connectivity index (χ4v) is 4.53. The van der Waals surface area contributed by atoms with Crippen LogP contribution in [-0.2, 0) is 22.6 Å². The van der Waals surface area contributed by atoms with Gasteiger partial charge in [0.2, 0.25) is 5.91 Å². The predicted octanol–water partition coefficient (Wildman–Crippen LogP) is 1.46. The van der Waals surface area contributed by atoms with Gasteiger partial charge in [0.1, 0.15) is 12.3 Å². The van der Waals surface area contributed by atoms with E-state index >= 15 is 8.78 Å². The van der Waals surface area contributed by atoms with Crippen LogP contribution in [0.5, 0.6) is 0 Å². The fraction of sp³-hybridized carbons (Fsp3) is 0.364. The Morgan fingerprint density at radius 2 is 1.85 bits per heavy atom. The maximum Gasteiger partial charge on any atom is 0.414 e. The third-order valence-corrected chi connectivity index (χ3v) is 6.09. The number of benzene rings is 1. The average Bonchev–Trinajstić information content (AvgIpc) is 3.20. The van der Waals surface area contributed by atoms with Gasteiger partial charge in [-0.3, -0.25) is 19.2 Å². The van der Waals surface area contributed by atoms with Crippen molar-refractivity contribution in [3.63, 3.8) is 0 Å². The summed E-state index contributed by atoms with van der Waals surface area (Å²) < 4.78 is 38.7. The first kappa shape index (κ1) is 21.9. The highest BCUT2D eigenvalue weighted by atomic mass is 19.1. The van der Waals surface area contributed by atoms with E-state index in [0.29, 0.717) is 17.6 Å². The Morgan fingerprint density at radius 3 is 2.56 bits per heavy atom. The van der Waals surface area contributed by atoms with Crippen LogP contribution in [0.1, 0.15) is 6.92 Å². The van der Waals surface area contributed by atoms with E-state index in [9.17, 15) is 14.4 Å². The molecule has 10 nitrogen and oxygen atoms in total. The van der Waals surface area contributed by atoms with Gasteiger partial charge >= 0.3 is 6.09 Å². The van der Waals surface area contributed by atoms with E-state index in [1.807, 2.05) is 0 Å². The summed E-state index contributed by atoms with van der Waals surface area (Å²) in [7, 11) is 0. The lowest BCUT2D eigenvalue weighted by atomic mass is 10.2. The predicted molar refractivity (Wildman–Crippen MR) is 119 cm³/mol. The molecule has 1 atom stereocenters. The van der Waals surface area contributed by atoms with E-state index in [1.54, 1.807) is 27.9 Å². The second kappa shape index (κ2) is 8.43. The van der Waals surface area contributed by atoms with Crippen molar-refractivity contribution < 1.29 is 23.1 Å². The number of carbonyl (C=O) groups excluding carboxylic acids is 2. The Hall–Kier alpha value is -3.96. The lowest BCUT2D eigenvalue weighted by molar-refractivity contribution is -0.119. The number of fused-ring (bicyclic) bond motifs is 3. The van der Waals surface area contributed by atoms with Gasteiger partial charge in [-0.25, -0.2) is 23.2 Å². The zero-order valence-corrected chi connectivity index (χ0v) is 18.3. The molecule has 34 heavy (non-hydrogen) atoms. The highest BCUT2D eigenvalue weighted by Gasteiger charge is 2.35. The maximum absolute atomic E-state index is 15.2. The minimum atomic E-state index is -0.838. The molecule has 4 heterocycles. The summed E-state index contributed by atoms with van der Waals surface area (Å²) in [5.41, 5.74) is 0.109. The van der Waals surface area contributed by atoms with Crippen molar-refractivity contribution in [2.75, 3.05) is 36.0 Å². The topological polar surface area (TPSA) is 102 Å². The molecular weight excluding hydrogens is 450 g/mol. The minimum absolute atomic E-state index is 0.00379. The molecule has 2 amide bonds. The van der Waals surface area contributed by atoms with Gasteiger partial charge in [-0.05, 0) is 12.1 Å². The zero-order valence-electron chi connectivity index (χ0n) is 18.3. The summed E-state index contributed by atoms with van der Waals surface area (Å²) in [4.78, 5) is 43.1. The molecule has 0 spiro atoms. The van der Waals surface area contributed by atoms with Crippen molar-refractivity contribution in [3.05, 3.63) is 52.5 Å². The minimum Gasteiger partial charge on any atom is -0.447 e. The molecule has 0 aliphatic carbocycles. The van der Waals surface area contributed by atoms with Gasteiger partial charge in [0, 0.05) is 44.9 Å². The molecule has 1 aromatic carbocycles. The number of ether oxygens (including phenoxy) is 1. The van der Waals surface area contributed by atoms with Crippen molar-refractivity contribution in [1.29, 1.82) is 0 Å². The van der Waals surface area contributed by atoms with Crippen molar-refractivity contribution in [2.24, 2.45) is 0 Å². The summed E-state index contributed by atoms with van der Waals surface area (Å²) in [6.07, 6.45) is 0.855.